The molecule has 1 unspecified atom stereocenters. The lowest BCUT2D eigenvalue weighted by Crippen LogP contribution is -2.40. The molecule has 3 heteroatoms. The van der Waals surface area contributed by atoms with Crippen LogP contribution < -0.4 is 4.90 Å². The maximum absolute atomic E-state index is 13.2. The highest BCUT2D eigenvalue weighted by atomic mass is 16.2. The molecule has 28 heavy (non-hydrogen) atoms. The Balaban J connectivity index is 1.79. The Kier molecular flexibility index (Phi) is 5.17. The standard InChI is InChI=1S/C25H27NO2/c1-3-17-8-12-19(13-9-17)21-16-24(28)26(20-14-10-18(4-2)11-15-20)22-6-5-7-23(27)25(21)22/h8-15,21H,3-7,16H2,1-2H3. The van der Waals surface area contributed by atoms with E-state index in [-0.39, 0.29) is 17.6 Å². The van der Waals surface area contributed by atoms with Gasteiger partial charge >= 0.3 is 0 Å². The lowest BCUT2D eigenvalue weighted by molar-refractivity contribution is -0.119. The summed E-state index contributed by atoms with van der Waals surface area (Å²) in [5, 5.41) is 0. The van der Waals surface area contributed by atoms with Crippen molar-refractivity contribution >= 4 is 17.4 Å². The third-order valence-corrected chi connectivity index (χ3v) is 6.07. The summed E-state index contributed by atoms with van der Waals surface area (Å²) in [5.41, 5.74) is 6.25. The summed E-state index contributed by atoms with van der Waals surface area (Å²) in [6.45, 7) is 4.25. The predicted octanol–water partition coefficient (Wildman–Crippen LogP) is 5.34. The number of aryl methyl sites for hydroxylation is 2. The van der Waals surface area contributed by atoms with Crippen LogP contribution in [-0.2, 0) is 22.4 Å². The smallest absolute Gasteiger partial charge is 0.232 e. The zero-order valence-electron chi connectivity index (χ0n) is 16.7. The fourth-order valence-electron chi connectivity index (χ4n) is 4.44. The zero-order chi connectivity index (χ0) is 19.7. The summed E-state index contributed by atoms with van der Waals surface area (Å²) >= 11 is 0. The summed E-state index contributed by atoms with van der Waals surface area (Å²) < 4.78 is 0. The monoisotopic (exact) mass is 373 g/mol. The molecular weight excluding hydrogens is 346 g/mol. The number of rotatable bonds is 4. The van der Waals surface area contributed by atoms with Crippen molar-refractivity contribution in [1.29, 1.82) is 0 Å². The molecule has 0 aromatic heterocycles. The molecule has 0 saturated carbocycles. The van der Waals surface area contributed by atoms with Gasteiger partial charge in [0.25, 0.3) is 0 Å². The van der Waals surface area contributed by atoms with E-state index in [4.69, 9.17) is 0 Å². The molecule has 2 aliphatic rings. The summed E-state index contributed by atoms with van der Waals surface area (Å²) in [7, 11) is 0. The predicted molar refractivity (Wildman–Crippen MR) is 112 cm³/mol. The third-order valence-electron chi connectivity index (χ3n) is 6.07. The summed E-state index contributed by atoms with van der Waals surface area (Å²) in [5.74, 6) is 0.170. The Morgan fingerprint density at radius 1 is 0.857 bits per heavy atom. The summed E-state index contributed by atoms with van der Waals surface area (Å²) in [6, 6.07) is 16.6. The molecule has 0 fully saturated rings. The van der Waals surface area contributed by atoms with Gasteiger partial charge in [0.05, 0.1) is 0 Å². The van der Waals surface area contributed by atoms with Crippen LogP contribution in [0.15, 0.2) is 59.8 Å². The maximum atomic E-state index is 13.2. The number of hydrogen-bond donors (Lipinski definition) is 0. The number of hydrogen-bond acceptors (Lipinski definition) is 2. The molecule has 2 aromatic rings. The minimum atomic E-state index is -0.118. The second kappa shape index (κ2) is 7.75. The second-order valence-electron chi connectivity index (χ2n) is 7.74. The quantitative estimate of drug-likeness (QED) is 0.725. The van der Waals surface area contributed by atoms with Gasteiger partial charge in [-0.25, -0.2) is 0 Å². The average molecular weight is 373 g/mol. The van der Waals surface area contributed by atoms with Crippen LogP contribution in [0.1, 0.15) is 62.1 Å². The van der Waals surface area contributed by atoms with Crippen molar-refractivity contribution in [3.05, 3.63) is 76.5 Å². The maximum Gasteiger partial charge on any atom is 0.232 e. The number of Topliss-reactive ketones (excluding diaryl/α,β-unsaturated/α-hetero) is 1. The van der Waals surface area contributed by atoms with Gasteiger partial charge in [0.2, 0.25) is 5.91 Å². The highest BCUT2D eigenvalue weighted by molar-refractivity contribution is 6.07. The van der Waals surface area contributed by atoms with Gasteiger partial charge in [0.1, 0.15) is 0 Å². The number of carbonyl (C=O) groups excluding carboxylic acids is 2. The van der Waals surface area contributed by atoms with Crippen LogP contribution in [0.2, 0.25) is 0 Å². The molecule has 0 saturated heterocycles. The van der Waals surface area contributed by atoms with Gasteiger partial charge in [0, 0.05) is 35.7 Å². The number of amides is 1. The molecule has 1 heterocycles. The lowest BCUT2D eigenvalue weighted by Gasteiger charge is -2.38. The van der Waals surface area contributed by atoms with Crippen molar-refractivity contribution in [2.45, 2.75) is 58.3 Å². The first kappa shape index (κ1) is 18.7. The van der Waals surface area contributed by atoms with Crippen molar-refractivity contribution in [2.24, 2.45) is 0 Å². The highest BCUT2D eigenvalue weighted by Crippen LogP contribution is 2.43. The van der Waals surface area contributed by atoms with Gasteiger partial charge in [-0.3, -0.25) is 14.5 Å². The number of ketones is 1. The second-order valence-corrected chi connectivity index (χ2v) is 7.74. The van der Waals surface area contributed by atoms with Crippen molar-refractivity contribution in [1.82, 2.24) is 0 Å². The van der Waals surface area contributed by atoms with E-state index < -0.39 is 0 Å². The van der Waals surface area contributed by atoms with Gasteiger partial charge < -0.3 is 0 Å². The van der Waals surface area contributed by atoms with E-state index >= 15 is 0 Å². The number of allylic oxidation sites excluding steroid dienone is 2. The van der Waals surface area contributed by atoms with E-state index in [0.29, 0.717) is 12.8 Å². The Hall–Kier alpha value is -2.68. The molecule has 144 valence electrons. The molecule has 1 atom stereocenters. The molecule has 0 spiro atoms. The molecular formula is C25H27NO2. The van der Waals surface area contributed by atoms with Crippen LogP contribution in [0, 0.1) is 0 Å². The lowest BCUT2D eigenvalue weighted by atomic mass is 9.77. The fourth-order valence-corrected chi connectivity index (χ4v) is 4.44. The minimum Gasteiger partial charge on any atom is -0.294 e. The number of nitrogens with zero attached hydrogens (tertiary/aromatic N) is 1. The van der Waals surface area contributed by atoms with Crippen molar-refractivity contribution in [3.8, 4) is 0 Å². The van der Waals surface area contributed by atoms with Crippen molar-refractivity contribution < 1.29 is 9.59 Å². The van der Waals surface area contributed by atoms with Crippen LogP contribution in [0.5, 0.6) is 0 Å². The third kappa shape index (κ3) is 3.30. The molecule has 1 amide bonds. The van der Waals surface area contributed by atoms with E-state index in [1.807, 2.05) is 17.0 Å². The Labute approximate surface area is 167 Å². The van der Waals surface area contributed by atoms with Gasteiger partial charge in [0.15, 0.2) is 5.78 Å². The SMILES string of the molecule is CCc1ccc(C2CC(=O)N(c3ccc(CC)cc3)C3=C2C(=O)CCC3)cc1. The number of carbonyl (C=O) groups is 2. The first-order valence-electron chi connectivity index (χ1n) is 10.4. The first-order chi connectivity index (χ1) is 13.6. The molecule has 1 aliphatic heterocycles. The Bertz CT molecular complexity index is 922. The average Bonchev–Trinajstić information content (AvgIpc) is 2.73. The summed E-state index contributed by atoms with van der Waals surface area (Å²) in [6.07, 6.45) is 4.49. The largest absolute Gasteiger partial charge is 0.294 e. The van der Waals surface area contributed by atoms with E-state index in [9.17, 15) is 9.59 Å². The Morgan fingerprint density at radius 3 is 2.07 bits per heavy atom. The fraction of sp³-hybridized carbons (Fsp3) is 0.360. The van der Waals surface area contributed by atoms with Gasteiger partial charge in [-0.15, -0.1) is 0 Å². The molecule has 2 aromatic carbocycles. The number of benzene rings is 2. The molecule has 4 rings (SSSR count). The van der Waals surface area contributed by atoms with Crippen LogP contribution in [0.4, 0.5) is 5.69 Å². The van der Waals surface area contributed by atoms with Gasteiger partial charge in [-0.1, -0.05) is 50.2 Å². The molecule has 3 nitrogen and oxygen atoms in total. The van der Waals surface area contributed by atoms with E-state index in [2.05, 4.69) is 50.2 Å². The van der Waals surface area contributed by atoms with Gasteiger partial charge in [-0.05, 0) is 54.5 Å². The van der Waals surface area contributed by atoms with E-state index in [0.717, 1.165) is 48.2 Å². The number of anilines is 1. The molecule has 0 bridgehead atoms. The van der Waals surface area contributed by atoms with Crippen LogP contribution in [0.25, 0.3) is 0 Å². The highest BCUT2D eigenvalue weighted by Gasteiger charge is 2.39. The van der Waals surface area contributed by atoms with Crippen LogP contribution in [-0.4, -0.2) is 11.7 Å². The van der Waals surface area contributed by atoms with E-state index in [1.54, 1.807) is 0 Å². The molecule has 1 aliphatic carbocycles. The topological polar surface area (TPSA) is 37.4 Å². The van der Waals surface area contributed by atoms with Crippen molar-refractivity contribution in [3.63, 3.8) is 0 Å². The van der Waals surface area contributed by atoms with E-state index in [1.165, 1.54) is 11.1 Å². The minimum absolute atomic E-state index is 0.0854. The van der Waals surface area contributed by atoms with Crippen molar-refractivity contribution in [2.75, 3.05) is 4.90 Å². The Morgan fingerprint density at radius 2 is 1.46 bits per heavy atom. The first-order valence-corrected chi connectivity index (χ1v) is 10.4. The normalized spacial score (nSPS) is 19.8. The van der Waals surface area contributed by atoms with Gasteiger partial charge in [-0.2, -0.15) is 0 Å². The summed E-state index contributed by atoms with van der Waals surface area (Å²) in [4.78, 5) is 27.9. The van der Waals surface area contributed by atoms with Crippen LogP contribution >= 0.6 is 0 Å². The zero-order valence-corrected chi connectivity index (χ0v) is 16.7. The van der Waals surface area contributed by atoms with Crippen LogP contribution in [0.3, 0.4) is 0 Å². The molecule has 0 N–H and O–H groups in total. The molecule has 0 radical (unpaired) electrons.